The highest BCUT2D eigenvalue weighted by Crippen LogP contribution is 2.24. The van der Waals surface area contributed by atoms with Crippen LogP contribution in [0.15, 0.2) is 24.3 Å². The Kier molecular flexibility index (Phi) is 4.40. The molecule has 1 aromatic rings. The third-order valence-corrected chi connectivity index (χ3v) is 4.30. The Morgan fingerprint density at radius 2 is 2.09 bits per heavy atom. The van der Waals surface area contributed by atoms with Crippen molar-refractivity contribution < 1.29 is 14.3 Å². The van der Waals surface area contributed by atoms with Gasteiger partial charge in [0.25, 0.3) is 0 Å². The molecular formula is C16H21N3O3. The number of nitrogens with two attached hydrogens (primary N) is 1. The number of primary amides is 1. The second kappa shape index (κ2) is 6.46. The van der Waals surface area contributed by atoms with Crippen molar-refractivity contribution in [1.82, 2.24) is 10.2 Å². The summed E-state index contributed by atoms with van der Waals surface area (Å²) in [5, 5.41) is 3.21. The first-order valence-corrected chi connectivity index (χ1v) is 7.63. The lowest BCUT2D eigenvalue weighted by Crippen LogP contribution is -2.52. The lowest BCUT2D eigenvalue weighted by atomic mass is 9.93. The molecule has 2 amide bonds. The number of carbonyl (C=O) groups is 2. The van der Waals surface area contributed by atoms with Crippen molar-refractivity contribution in [1.29, 1.82) is 0 Å². The van der Waals surface area contributed by atoms with Crippen LogP contribution in [0.1, 0.15) is 17.5 Å². The maximum absolute atomic E-state index is 12.6. The lowest BCUT2D eigenvalue weighted by molar-refractivity contribution is -0.143. The molecule has 2 aliphatic rings. The predicted molar refractivity (Wildman–Crippen MR) is 80.9 cm³/mol. The van der Waals surface area contributed by atoms with Gasteiger partial charge in [0.2, 0.25) is 11.8 Å². The van der Waals surface area contributed by atoms with Crippen LogP contribution in [0, 0.1) is 0 Å². The Morgan fingerprint density at radius 1 is 1.32 bits per heavy atom. The van der Waals surface area contributed by atoms with Crippen LogP contribution in [0.2, 0.25) is 0 Å². The van der Waals surface area contributed by atoms with E-state index in [9.17, 15) is 9.59 Å². The first kappa shape index (κ1) is 15.0. The molecule has 0 spiro atoms. The Labute approximate surface area is 129 Å². The number of nitrogens with one attached hydrogen (secondary N) is 1. The second-order valence-corrected chi connectivity index (χ2v) is 5.81. The van der Waals surface area contributed by atoms with E-state index < -0.39 is 11.9 Å². The van der Waals surface area contributed by atoms with Crippen molar-refractivity contribution >= 4 is 11.8 Å². The predicted octanol–water partition coefficient (Wildman–Crippen LogP) is -0.196. The molecule has 6 nitrogen and oxygen atoms in total. The van der Waals surface area contributed by atoms with Crippen LogP contribution in [-0.4, -0.2) is 48.6 Å². The van der Waals surface area contributed by atoms with E-state index in [1.807, 2.05) is 24.3 Å². The Bertz CT molecular complexity index is 570. The maximum atomic E-state index is 12.6. The molecule has 22 heavy (non-hydrogen) atoms. The minimum absolute atomic E-state index is 0.0768. The molecule has 0 aliphatic carbocycles. The molecule has 3 rings (SSSR count). The zero-order valence-corrected chi connectivity index (χ0v) is 12.5. The number of hydrogen-bond acceptors (Lipinski definition) is 4. The van der Waals surface area contributed by atoms with Crippen molar-refractivity contribution in [3.63, 3.8) is 0 Å². The Hall–Kier alpha value is -1.92. The van der Waals surface area contributed by atoms with E-state index in [0.717, 1.165) is 17.7 Å². The maximum Gasteiger partial charge on any atom is 0.240 e. The van der Waals surface area contributed by atoms with Crippen LogP contribution in [0.3, 0.4) is 0 Å². The number of carbonyl (C=O) groups excluding carboxylic acids is 2. The average molecular weight is 303 g/mol. The highest BCUT2D eigenvalue weighted by Gasteiger charge is 2.34. The Balaban J connectivity index is 1.75. The smallest absolute Gasteiger partial charge is 0.240 e. The number of rotatable bonds is 3. The summed E-state index contributed by atoms with van der Waals surface area (Å²) in [4.78, 5) is 26.0. The van der Waals surface area contributed by atoms with E-state index in [1.165, 1.54) is 0 Å². The number of benzene rings is 1. The number of morpholine rings is 1. The van der Waals surface area contributed by atoms with Gasteiger partial charge in [-0.2, -0.15) is 0 Å². The van der Waals surface area contributed by atoms with Crippen molar-refractivity contribution in [2.45, 2.75) is 31.5 Å². The molecule has 1 fully saturated rings. The van der Waals surface area contributed by atoms with Gasteiger partial charge >= 0.3 is 0 Å². The van der Waals surface area contributed by atoms with Crippen molar-refractivity contribution in [2.75, 3.05) is 19.7 Å². The third-order valence-electron chi connectivity index (χ3n) is 4.30. The van der Waals surface area contributed by atoms with Crippen LogP contribution in [0.25, 0.3) is 0 Å². The van der Waals surface area contributed by atoms with E-state index >= 15 is 0 Å². The monoisotopic (exact) mass is 303 g/mol. The molecule has 0 bridgehead atoms. The standard InChI is InChI=1S/C16H21N3O3/c17-16(21)14-7-11-3-1-2-4-12(11)10-19(14)15(20)8-13-9-18-5-6-22-13/h1-4,13-14,18H,5-10H2,(H2,17,21)/t13-,14+/m1/s1. The molecule has 2 atom stereocenters. The average Bonchev–Trinajstić information content (AvgIpc) is 2.54. The minimum Gasteiger partial charge on any atom is -0.375 e. The zero-order valence-electron chi connectivity index (χ0n) is 12.5. The van der Waals surface area contributed by atoms with Crippen molar-refractivity contribution in [2.24, 2.45) is 5.73 Å². The molecule has 118 valence electrons. The van der Waals surface area contributed by atoms with E-state index in [4.69, 9.17) is 10.5 Å². The van der Waals surface area contributed by atoms with Gasteiger partial charge in [-0.25, -0.2) is 0 Å². The number of amides is 2. The van der Waals surface area contributed by atoms with Gasteiger partial charge in [0.15, 0.2) is 0 Å². The lowest BCUT2D eigenvalue weighted by Gasteiger charge is -2.36. The van der Waals surface area contributed by atoms with Crippen LogP contribution in [-0.2, 0) is 27.3 Å². The number of ether oxygens (including phenoxy) is 1. The van der Waals surface area contributed by atoms with Gasteiger partial charge in [-0.3, -0.25) is 9.59 Å². The molecule has 0 radical (unpaired) electrons. The molecule has 2 aliphatic heterocycles. The van der Waals surface area contributed by atoms with Gasteiger partial charge < -0.3 is 20.7 Å². The highest BCUT2D eigenvalue weighted by molar-refractivity contribution is 5.87. The summed E-state index contributed by atoms with van der Waals surface area (Å²) >= 11 is 0. The summed E-state index contributed by atoms with van der Waals surface area (Å²) in [5.41, 5.74) is 7.68. The quantitative estimate of drug-likeness (QED) is 0.810. The summed E-state index contributed by atoms with van der Waals surface area (Å²) in [5.74, 6) is -0.530. The molecule has 2 heterocycles. The fraction of sp³-hybridized carbons (Fsp3) is 0.500. The number of hydrogen-bond donors (Lipinski definition) is 2. The van der Waals surface area contributed by atoms with Gasteiger partial charge in [0, 0.05) is 26.1 Å². The van der Waals surface area contributed by atoms with Gasteiger partial charge in [0.1, 0.15) is 6.04 Å². The second-order valence-electron chi connectivity index (χ2n) is 5.81. The summed E-state index contributed by atoms with van der Waals surface area (Å²) in [6, 6.07) is 7.29. The van der Waals surface area contributed by atoms with Crippen LogP contribution in [0.4, 0.5) is 0 Å². The van der Waals surface area contributed by atoms with Crippen LogP contribution in [0.5, 0.6) is 0 Å². The largest absolute Gasteiger partial charge is 0.375 e. The van der Waals surface area contributed by atoms with Gasteiger partial charge in [-0.15, -0.1) is 0 Å². The Morgan fingerprint density at radius 3 is 2.77 bits per heavy atom. The molecule has 0 unspecified atom stereocenters. The van der Waals surface area contributed by atoms with E-state index in [-0.39, 0.29) is 18.4 Å². The van der Waals surface area contributed by atoms with Gasteiger partial charge in [-0.05, 0) is 11.1 Å². The molecule has 1 aromatic carbocycles. The highest BCUT2D eigenvalue weighted by atomic mass is 16.5. The summed E-state index contributed by atoms with van der Waals surface area (Å²) < 4.78 is 5.58. The third kappa shape index (κ3) is 3.13. The molecule has 1 saturated heterocycles. The molecular weight excluding hydrogens is 282 g/mol. The van der Waals surface area contributed by atoms with Gasteiger partial charge in [0.05, 0.1) is 19.1 Å². The molecule has 6 heteroatoms. The fourth-order valence-electron chi connectivity index (χ4n) is 3.10. The molecule has 0 aromatic heterocycles. The van der Waals surface area contributed by atoms with Crippen molar-refractivity contribution in [3.8, 4) is 0 Å². The van der Waals surface area contributed by atoms with E-state index in [1.54, 1.807) is 4.90 Å². The zero-order chi connectivity index (χ0) is 15.5. The van der Waals surface area contributed by atoms with Crippen molar-refractivity contribution in [3.05, 3.63) is 35.4 Å². The fourth-order valence-corrected chi connectivity index (χ4v) is 3.10. The number of fused-ring (bicyclic) bond motifs is 1. The number of nitrogens with zero attached hydrogens (tertiary/aromatic N) is 1. The molecule has 3 N–H and O–H groups in total. The van der Waals surface area contributed by atoms with Gasteiger partial charge in [-0.1, -0.05) is 24.3 Å². The SMILES string of the molecule is NC(=O)[C@@H]1Cc2ccccc2CN1C(=O)C[C@@H]1CNCCO1. The summed E-state index contributed by atoms with van der Waals surface area (Å²) in [7, 11) is 0. The first-order chi connectivity index (χ1) is 10.6. The minimum atomic E-state index is -0.570. The summed E-state index contributed by atoms with van der Waals surface area (Å²) in [6.07, 6.45) is 0.631. The topological polar surface area (TPSA) is 84.7 Å². The van der Waals surface area contributed by atoms with E-state index in [0.29, 0.717) is 26.1 Å². The van der Waals surface area contributed by atoms with Crippen LogP contribution >= 0.6 is 0 Å². The molecule has 0 saturated carbocycles. The first-order valence-electron chi connectivity index (χ1n) is 7.63. The van der Waals surface area contributed by atoms with Crippen LogP contribution < -0.4 is 11.1 Å². The normalized spacial score (nSPS) is 24.6. The van der Waals surface area contributed by atoms with E-state index in [2.05, 4.69) is 5.32 Å². The summed E-state index contributed by atoms with van der Waals surface area (Å²) in [6.45, 7) is 2.52.